The third-order valence-corrected chi connectivity index (χ3v) is 11.5. The summed E-state index contributed by atoms with van der Waals surface area (Å²) in [7, 11) is 0. The van der Waals surface area contributed by atoms with E-state index in [0.717, 1.165) is 78.0 Å². The number of hydrogen-bond donors (Lipinski definition) is 1. The van der Waals surface area contributed by atoms with Gasteiger partial charge in [-0.25, -0.2) is 4.98 Å². The zero-order valence-corrected chi connectivity index (χ0v) is 38.0. The predicted octanol–water partition coefficient (Wildman–Crippen LogP) is 14.8. The number of para-hydroxylation sites is 2. The summed E-state index contributed by atoms with van der Waals surface area (Å²) in [6.07, 6.45) is 1.78. The second-order valence-electron chi connectivity index (χ2n) is 17.8. The number of hydrogen-bond acceptors (Lipinski definition) is 3. The molecule has 0 bridgehead atoms. The van der Waals surface area contributed by atoms with E-state index in [0.29, 0.717) is 17.0 Å². The van der Waals surface area contributed by atoms with Crippen molar-refractivity contribution in [2.45, 2.75) is 59.2 Å². The minimum Gasteiger partial charge on any atom is -0.507 e. The molecule has 0 atom stereocenters. The Kier molecular flexibility index (Phi) is 10.5. The largest absolute Gasteiger partial charge is 0.507 e. The van der Waals surface area contributed by atoms with E-state index in [1.165, 1.54) is 5.56 Å². The monoisotopic (exact) mass is 990 g/mol. The smallest absolute Gasteiger partial charge is 0.148 e. The van der Waals surface area contributed by atoms with Crippen LogP contribution in [0.15, 0.2) is 170 Å². The average molecular weight is 991 g/mol. The molecule has 1 N–H and O–H groups in total. The molecule has 0 aliphatic carbocycles. The third kappa shape index (κ3) is 8.20. The van der Waals surface area contributed by atoms with Crippen molar-refractivity contribution in [1.29, 1.82) is 0 Å². The Morgan fingerprint density at radius 2 is 1.23 bits per heavy atom. The number of imidazole rings is 1. The maximum absolute atomic E-state index is 12.2. The molecular formula is C57H50N3OPt-. The zero-order chi connectivity index (χ0) is 45.0. The van der Waals surface area contributed by atoms with Gasteiger partial charge < -0.3 is 5.11 Å². The summed E-state index contributed by atoms with van der Waals surface area (Å²) in [4.78, 5) is 10.4. The SMILES string of the molecule is [2H]C([2H])([2H])c1ccc(-c2ccnc(-c3[c-]c(-c4cccc5c4nc(-c4cccc(C(C)(C)C)c4O)n5-c4ccc(C(C)(C)C)cc4-c4ccccc4)cc(-c4ccccc4)c3)c2)cc1.[Pt]. The fourth-order valence-electron chi connectivity index (χ4n) is 8.19. The predicted molar refractivity (Wildman–Crippen MR) is 254 cm³/mol. The number of fused-ring (bicyclic) bond motifs is 1. The Balaban J connectivity index is 0.00000576. The van der Waals surface area contributed by atoms with Crippen LogP contribution < -0.4 is 0 Å². The number of pyridine rings is 1. The number of phenolic OH excluding ortho intramolecular Hbond substituents is 1. The van der Waals surface area contributed by atoms with Crippen molar-refractivity contribution in [1.82, 2.24) is 14.5 Å². The Hall–Kier alpha value is -6.35. The van der Waals surface area contributed by atoms with Gasteiger partial charge in [-0.05, 0) is 81.4 Å². The second kappa shape index (κ2) is 16.8. The summed E-state index contributed by atoms with van der Waals surface area (Å²) in [5, 5.41) is 12.2. The van der Waals surface area contributed by atoms with Crippen LogP contribution in [0.4, 0.5) is 0 Å². The van der Waals surface area contributed by atoms with Gasteiger partial charge in [0.05, 0.1) is 22.3 Å². The molecule has 0 saturated heterocycles. The fraction of sp³-hybridized carbons (Fsp3) is 0.158. The Labute approximate surface area is 384 Å². The Bertz CT molecular complexity index is 3160. The van der Waals surface area contributed by atoms with E-state index in [1.807, 2.05) is 66.7 Å². The van der Waals surface area contributed by atoms with Crippen molar-refractivity contribution in [2.24, 2.45) is 0 Å². The molecule has 2 aromatic heterocycles. The van der Waals surface area contributed by atoms with Gasteiger partial charge in [-0.2, -0.15) is 0 Å². The summed E-state index contributed by atoms with van der Waals surface area (Å²) in [5.74, 6) is 0.838. The number of aromatic nitrogens is 3. The van der Waals surface area contributed by atoms with Crippen LogP contribution in [0.5, 0.6) is 5.75 Å². The van der Waals surface area contributed by atoms with Gasteiger partial charge in [-0.1, -0.05) is 185 Å². The molecule has 0 amide bonds. The van der Waals surface area contributed by atoms with Crippen molar-refractivity contribution in [3.05, 3.63) is 193 Å². The molecule has 0 unspecified atom stereocenters. The molecular weight excluding hydrogens is 938 g/mol. The summed E-state index contributed by atoms with van der Waals surface area (Å²) < 4.78 is 25.7. The van der Waals surface area contributed by atoms with Crippen LogP contribution in [-0.4, -0.2) is 19.6 Å². The molecule has 0 fully saturated rings. The molecule has 62 heavy (non-hydrogen) atoms. The van der Waals surface area contributed by atoms with E-state index in [4.69, 9.17) is 14.1 Å². The van der Waals surface area contributed by atoms with E-state index in [1.54, 1.807) is 18.3 Å². The summed E-state index contributed by atoms with van der Waals surface area (Å²) in [6.45, 7) is 10.9. The molecule has 9 aromatic rings. The second-order valence-corrected chi connectivity index (χ2v) is 17.8. The van der Waals surface area contributed by atoms with Gasteiger partial charge in [0.2, 0.25) is 0 Å². The first-order valence-corrected chi connectivity index (χ1v) is 20.8. The van der Waals surface area contributed by atoms with Crippen LogP contribution in [-0.2, 0) is 31.9 Å². The van der Waals surface area contributed by atoms with Gasteiger partial charge >= 0.3 is 0 Å². The molecule has 0 radical (unpaired) electrons. The van der Waals surface area contributed by atoms with E-state index in [-0.39, 0.29) is 37.6 Å². The van der Waals surface area contributed by atoms with Crippen molar-refractivity contribution in [3.63, 3.8) is 0 Å². The topological polar surface area (TPSA) is 50.9 Å². The maximum atomic E-state index is 12.2. The van der Waals surface area contributed by atoms with Gasteiger partial charge in [0.25, 0.3) is 0 Å². The molecule has 0 saturated carbocycles. The van der Waals surface area contributed by atoms with Crippen LogP contribution in [0.1, 0.15) is 62.3 Å². The van der Waals surface area contributed by atoms with Crippen molar-refractivity contribution in [3.8, 4) is 78.6 Å². The van der Waals surface area contributed by atoms with Crippen LogP contribution in [0.3, 0.4) is 0 Å². The van der Waals surface area contributed by atoms with E-state index >= 15 is 0 Å². The molecule has 310 valence electrons. The normalized spacial score (nSPS) is 12.6. The van der Waals surface area contributed by atoms with Gasteiger partial charge in [-0.15, -0.1) is 23.8 Å². The van der Waals surface area contributed by atoms with E-state index in [9.17, 15) is 5.11 Å². The Morgan fingerprint density at radius 1 is 0.565 bits per heavy atom. The number of benzene rings is 7. The third-order valence-electron chi connectivity index (χ3n) is 11.5. The zero-order valence-electron chi connectivity index (χ0n) is 38.8. The minimum atomic E-state index is -2.18. The molecule has 9 rings (SSSR count). The molecule has 0 aliphatic rings. The van der Waals surface area contributed by atoms with Gasteiger partial charge in [0, 0.05) is 42.6 Å². The van der Waals surface area contributed by atoms with Gasteiger partial charge in [-0.3, -0.25) is 9.55 Å². The summed E-state index contributed by atoms with van der Waals surface area (Å²) in [6, 6.07) is 58.7. The van der Waals surface area contributed by atoms with Crippen molar-refractivity contribution in [2.75, 3.05) is 0 Å². The molecule has 0 spiro atoms. The molecule has 5 heteroatoms. The van der Waals surface area contributed by atoms with Crippen LogP contribution in [0.2, 0.25) is 0 Å². The molecule has 0 aliphatic heterocycles. The average Bonchev–Trinajstić information content (AvgIpc) is 3.68. The molecule has 4 nitrogen and oxygen atoms in total. The number of aromatic hydroxyl groups is 1. The number of aryl methyl sites for hydroxylation is 1. The number of nitrogens with zero attached hydrogens (tertiary/aromatic N) is 3. The fourth-order valence-corrected chi connectivity index (χ4v) is 8.19. The van der Waals surface area contributed by atoms with Gasteiger partial charge in [0.15, 0.2) is 0 Å². The van der Waals surface area contributed by atoms with Crippen LogP contribution in [0.25, 0.3) is 83.9 Å². The first-order chi connectivity index (χ1) is 30.5. The first kappa shape index (κ1) is 38.6. The van der Waals surface area contributed by atoms with E-state index in [2.05, 4.69) is 137 Å². The number of rotatable bonds is 7. The number of phenols is 1. The summed E-state index contributed by atoms with van der Waals surface area (Å²) >= 11 is 0. The quantitative estimate of drug-likeness (QED) is 0.162. The van der Waals surface area contributed by atoms with E-state index < -0.39 is 6.85 Å². The van der Waals surface area contributed by atoms with Crippen molar-refractivity contribution < 1.29 is 30.3 Å². The van der Waals surface area contributed by atoms with Crippen LogP contribution >= 0.6 is 0 Å². The standard InChI is InChI=1S/C57H50N3O.Pt/c1-37-24-26-39(27-25-37)41-30-31-58-50(35-41)44-33-42(38-16-10-8-11-17-38)32-43(34-44)46-20-15-23-52-53(46)59-55(47-21-14-22-49(54(47)61)57(5,6)7)60(52)51-29-28-45(56(2,3)4)36-48(51)40-18-12-9-13-19-40;/h8-33,35-36,61H,1-7H3;/q-1;/i1D3;. The molecule has 7 aromatic carbocycles. The minimum absolute atomic E-state index is 0. The van der Waals surface area contributed by atoms with Crippen LogP contribution in [0, 0.1) is 12.9 Å². The summed E-state index contributed by atoms with van der Waals surface area (Å²) in [5.41, 5.74) is 14.4. The molecule has 2 heterocycles. The van der Waals surface area contributed by atoms with Gasteiger partial charge in [0.1, 0.15) is 11.6 Å². The first-order valence-electron chi connectivity index (χ1n) is 22.3. The maximum Gasteiger partial charge on any atom is 0.148 e. The Morgan fingerprint density at radius 3 is 1.92 bits per heavy atom. The van der Waals surface area contributed by atoms with Crippen molar-refractivity contribution >= 4 is 11.0 Å².